The molecule has 1 heterocycles. The van der Waals surface area contributed by atoms with Gasteiger partial charge in [0.1, 0.15) is 12.4 Å². The van der Waals surface area contributed by atoms with E-state index in [1.807, 2.05) is 22.8 Å². The second kappa shape index (κ2) is 4.91. The number of likely N-dealkylation sites (N-methyl/N-ethyl adjacent to an activating group) is 1. The van der Waals surface area contributed by atoms with Crippen LogP contribution in [0.25, 0.3) is 11.0 Å². The molecule has 0 saturated heterocycles. The summed E-state index contributed by atoms with van der Waals surface area (Å²) in [4.78, 5) is 18.1. The van der Waals surface area contributed by atoms with Crippen LogP contribution in [0.3, 0.4) is 0 Å². The summed E-state index contributed by atoms with van der Waals surface area (Å²) in [6.07, 6.45) is 0. The van der Waals surface area contributed by atoms with E-state index in [0.717, 1.165) is 16.9 Å². The summed E-state index contributed by atoms with van der Waals surface area (Å²) in [6.45, 7) is 4.45. The number of imidazole rings is 1. The van der Waals surface area contributed by atoms with Gasteiger partial charge in [-0.05, 0) is 18.2 Å². The molecule has 0 spiro atoms. The van der Waals surface area contributed by atoms with Crippen LogP contribution in [0.2, 0.25) is 0 Å². The summed E-state index contributed by atoms with van der Waals surface area (Å²) in [7, 11) is 3.52. The van der Waals surface area contributed by atoms with Gasteiger partial charge in [0.15, 0.2) is 0 Å². The van der Waals surface area contributed by atoms with E-state index >= 15 is 0 Å². The topological polar surface area (TPSA) is 64.1 Å². The fraction of sp³-hybridized carbons (Fsp3) is 0.429. The Morgan fingerprint density at radius 3 is 2.68 bits per heavy atom. The van der Waals surface area contributed by atoms with Gasteiger partial charge in [-0.1, -0.05) is 13.8 Å². The molecule has 1 aromatic carbocycles. The van der Waals surface area contributed by atoms with Crippen LogP contribution >= 0.6 is 0 Å². The summed E-state index contributed by atoms with van der Waals surface area (Å²) in [5.74, 6) is 1.22. The number of hydrogen-bond donors (Lipinski definition) is 1. The quantitative estimate of drug-likeness (QED) is 0.856. The van der Waals surface area contributed by atoms with Crippen molar-refractivity contribution in [3.63, 3.8) is 0 Å². The molecule has 0 fully saturated rings. The smallest absolute Gasteiger partial charge is 0.242 e. The van der Waals surface area contributed by atoms with Gasteiger partial charge in [0, 0.05) is 25.7 Å². The third-order valence-corrected chi connectivity index (χ3v) is 3.11. The van der Waals surface area contributed by atoms with Gasteiger partial charge in [-0.25, -0.2) is 4.98 Å². The van der Waals surface area contributed by atoms with E-state index in [0.29, 0.717) is 12.2 Å². The second-order valence-electron chi connectivity index (χ2n) is 5.25. The van der Waals surface area contributed by atoms with Crippen LogP contribution in [-0.2, 0) is 11.3 Å². The van der Waals surface area contributed by atoms with Crippen molar-refractivity contribution in [3.05, 3.63) is 24.0 Å². The van der Waals surface area contributed by atoms with Crippen LogP contribution in [0.15, 0.2) is 18.2 Å². The Bertz CT molecular complexity index is 613. The molecule has 5 nitrogen and oxygen atoms in total. The van der Waals surface area contributed by atoms with Crippen LogP contribution in [-0.4, -0.2) is 34.5 Å². The molecule has 5 heteroatoms. The SMILES string of the molecule is CC(C)c1nc2cc(N)ccc2n1CC(=O)N(C)C. The molecule has 1 aromatic heterocycles. The molecule has 2 aromatic rings. The van der Waals surface area contributed by atoms with Gasteiger partial charge in [0.05, 0.1) is 11.0 Å². The van der Waals surface area contributed by atoms with Crippen molar-refractivity contribution in [2.45, 2.75) is 26.3 Å². The fourth-order valence-electron chi connectivity index (χ4n) is 2.05. The number of nitrogens with zero attached hydrogens (tertiary/aromatic N) is 3. The zero-order valence-corrected chi connectivity index (χ0v) is 11.8. The van der Waals surface area contributed by atoms with Crippen molar-refractivity contribution in [1.82, 2.24) is 14.5 Å². The molecule has 0 aliphatic carbocycles. The molecule has 0 bridgehead atoms. The van der Waals surface area contributed by atoms with Crippen molar-refractivity contribution in [2.24, 2.45) is 0 Å². The van der Waals surface area contributed by atoms with Crippen molar-refractivity contribution in [2.75, 3.05) is 19.8 Å². The summed E-state index contributed by atoms with van der Waals surface area (Å²) in [5, 5.41) is 0. The van der Waals surface area contributed by atoms with Crippen LogP contribution in [0.1, 0.15) is 25.6 Å². The number of benzene rings is 1. The van der Waals surface area contributed by atoms with Gasteiger partial charge in [0.25, 0.3) is 0 Å². The van der Waals surface area contributed by atoms with Gasteiger partial charge in [-0.2, -0.15) is 0 Å². The summed E-state index contributed by atoms with van der Waals surface area (Å²) < 4.78 is 1.97. The van der Waals surface area contributed by atoms with Gasteiger partial charge in [0.2, 0.25) is 5.91 Å². The van der Waals surface area contributed by atoms with E-state index in [1.54, 1.807) is 19.0 Å². The molecule has 19 heavy (non-hydrogen) atoms. The van der Waals surface area contributed by atoms with E-state index in [2.05, 4.69) is 18.8 Å². The molecule has 1 amide bonds. The van der Waals surface area contributed by atoms with E-state index in [-0.39, 0.29) is 11.8 Å². The fourth-order valence-corrected chi connectivity index (χ4v) is 2.05. The van der Waals surface area contributed by atoms with E-state index in [1.165, 1.54) is 0 Å². The number of rotatable bonds is 3. The molecule has 0 aliphatic heterocycles. The summed E-state index contributed by atoms with van der Waals surface area (Å²) >= 11 is 0. The van der Waals surface area contributed by atoms with Gasteiger partial charge in [-0.3, -0.25) is 4.79 Å². The highest BCUT2D eigenvalue weighted by Crippen LogP contribution is 2.23. The number of nitrogens with two attached hydrogens (primary N) is 1. The molecule has 2 rings (SSSR count). The van der Waals surface area contributed by atoms with Crippen molar-refractivity contribution < 1.29 is 4.79 Å². The van der Waals surface area contributed by atoms with Gasteiger partial charge < -0.3 is 15.2 Å². The zero-order chi connectivity index (χ0) is 14.2. The molecule has 0 radical (unpaired) electrons. The molecular weight excluding hydrogens is 240 g/mol. The highest BCUT2D eigenvalue weighted by Gasteiger charge is 2.16. The van der Waals surface area contributed by atoms with Crippen molar-refractivity contribution >= 4 is 22.6 Å². The number of carbonyl (C=O) groups excluding carboxylic acids is 1. The van der Waals surface area contributed by atoms with Crippen molar-refractivity contribution in [3.8, 4) is 0 Å². The lowest BCUT2D eigenvalue weighted by atomic mass is 10.2. The highest BCUT2D eigenvalue weighted by molar-refractivity contribution is 5.83. The first kappa shape index (κ1) is 13.4. The van der Waals surface area contributed by atoms with Gasteiger partial charge >= 0.3 is 0 Å². The minimum absolute atomic E-state index is 0.0537. The number of anilines is 1. The average Bonchev–Trinajstić information content (AvgIpc) is 2.67. The van der Waals surface area contributed by atoms with E-state index in [4.69, 9.17) is 5.73 Å². The molecule has 0 aliphatic rings. The predicted molar refractivity (Wildman–Crippen MR) is 76.9 cm³/mol. The van der Waals surface area contributed by atoms with Crippen LogP contribution in [0.4, 0.5) is 5.69 Å². The van der Waals surface area contributed by atoms with Crippen molar-refractivity contribution in [1.29, 1.82) is 0 Å². The lowest BCUT2D eigenvalue weighted by Crippen LogP contribution is -2.27. The third kappa shape index (κ3) is 2.54. The number of aromatic nitrogens is 2. The minimum atomic E-state index is 0.0537. The highest BCUT2D eigenvalue weighted by atomic mass is 16.2. The molecular formula is C14H20N4O. The number of carbonyl (C=O) groups is 1. The Morgan fingerprint density at radius 2 is 2.11 bits per heavy atom. The molecule has 102 valence electrons. The van der Waals surface area contributed by atoms with Crippen LogP contribution < -0.4 is 5.73 Å². The van der Waals surface area contributed by atoms with E-state index in [9.17, 15) is 4.79 Å². The standard InChI is InChI=1S/C14H20N4O/c1-9(2)14-16-11-7-10(15)5-6-12(11)18(14)8-13(19)17(3)4/h5-7,9H,8,15H2,1-4H3. The van der Waals surface area contributed by atoms with Gasteiger partial charge in [-0.15, -0.1) is 0 Å². The molecule has 0 unspecified atom stereocenters. The molecule has 2 N–H and O–H groups in total. The maximum Gasteiger partial charge on any atom is 0.242 e. The Hall–Kier alpha value is -2.04. The average molecular weight is 260 g/mol. The number of hydrogen-bond acceptors (Lipinski definition) is 3. The summed E-state index contributed by atoms with van der Waals surface area (Å²) in [6, 6.07) is 5.61. The maximum absolute atomic E-state index is 11.9. The molecule has 0 atom stereocenters. The van der Waals surface area contributed by atoms with E-state index < -0.39 is 0 Å². The summed E-state index contributed by atoms with van der Waals surface area (Å²) in [5.41, 5.74) is 8.27. The maximum atomic E-state index is 11.9. The molecule has 0 saturated carbocycles. The largest absolute Gasteiger partial charge is 0.399 e. The number of fused-ring (bicyclic) bond motifs is 1. The zero-order valence-electron chi connectivity index (χ0n) is 11.8. The van der Waals surface area contributed by atoms with Crippen LogP contribution in [0.5, 0.6) is 0 Å². The predicted octanol–water partition coefficient (Wildman–Crippen LogP) is 1.83. The first-order valence-corrected chi connectivity index (χ1v) is 6.36. The third-order valence-electron chi connectivity index (χ3n) is 3.11. The monoisotopic (exact) mass is 260 g/mol. The number of nitrogen functional groups attached to an aromatic ring is 1. The number of amides is 1. The Labute approximate surface area is 113 Å². The lowest BCUT2D eigenvalue weighted by Gasteiger charge is -2.14. The normalized spacial score (nSPS) is 11.2. The lowest BCUT2D eigenvalue weighted by molar-refractivity contribution is -0.129. The second-order valence-corrected chi connectivity index (χ2v) is 5.25. The Kier molecular flexibility index (Phi) is 3.46. The van der Waals surface area contributed by atoms with Crippen LogP contribution in [0, 0.1) is 0 Å². The first-order valence-electron chi connectivity index (χ1n) is 6.36. The Morgan fingerprint density at radius 1 is 1.42 bits per heavy atom. The minimum Gasteiger partial charge on any atom is -0.399 e. The Balaban J connectivity index is 2.55. The first-order chi connectivity index (χ1) is 8.90.